The van der Waals surface area contributed by atoms with Crippen molar-refractivity contribution < 1.29 is 14.6 Å². The lowest BCUT2D eigenvalue weighted by molar-refractivity contribution is 0.0526. The molecule has 67 valence electrons. The molecule has 3 nitrogen and oxygen atoms in total. The number of hydrogen-bond donors (Lipinski definition) is 1. The topological polar surface area (TPSA) is 46.5 Å². The van der Waals surface area contributed by atoms with Crippen LogP contribution < -0.4 is 5.46 Å². The van der Waals surface area contributed by atoms with Crippen LogP contribution >= 0.6 is 0 Å². The van der Waals surface area contributed by atoms with Crippen molar-refractivity contribution in [2.75, 3.05) is 6.61 Å². The molecule has 1 aromatic rings. The monoisotopic (exact) mass is 177 g/mol. The largest absolute Gasteiger partial charge is 0.462 e. The molecule has 1 radical (unpaired) electrons. The normalized spacial score (nSPS) is 9.38. The average Bonchev–Trinajstić information content (AvgIpc) is 2.18. The predicted octanol–water partition coefficient (Wildman–Crippen LogP) is 0.100. The van der Waals surface area contributed by atoms with Crippen molar-refractivity contribution in [3.05, 3.63) is 29.8 Å². The Morgan fingerprint density at radius 1 is 1.62 bits per heavy atom. The number of hydrogen-bond acceptors (Lipinski definition) is 3. The standard InChI is InChI=1S/C9H10BO3/c1-2-13-9(11)7-4-3-5-8(6-7)10-12/h3-6,12H,2H2,1H3. The van der Waals surface area contributed by atoms with Crippen molar-refractivity contribution in [1.29, 1.82) is 0 Å². The van der Waals surface area contributed by atoms with Crippen LogP contribution in [0.15, 0.2) is 24.3 Å². The molecular weight excluding hydrogens is 167 g/mol. The molecule has 0 unspecified atom stereocenters. The first kappa shape index (κ1) is 9.80. The molecule has 1 N–H and O–H groups in total. The van der Waals surface area contributed by atoms with Crippen LogP contribution in [0.25, 0.3) is 0 Å². The molecule has 0 saturated heterocycles. The Labute approximate surface area is 77.6 Å². The molecule has 0 saturated carbocycles. The van der Waals surface area contributed by atoms with Crippen molar-refractivity contribution in [3.63, 3.8) is 0 Å². The summed E-state index contributed by atoms with van der Waals surface area (Å²) in [7, 11) is 0.947. The van der Waals surface area contributed by atoms with Gasteiger partial charge in [0.05, 0.1) is 12.2 Å². The maximum absolute atomic E-state index is 11.2. The molecule has 0 aliphatic rings. The summed E-state index contributed by atoms with van der Waals surface area (Å²) in [4.78, 5) is 11.2. The summed E-state index contributed by atoms with van der Waals surface area (Å²) in [6, 6.07) is 6.60. The fraction of sp³-hybridized carbons (Fsp3) is 0.222. The summed E-state index contributed by atoms with van der Waals surface area (Å²) in [5, 5.41) is 8.70. The Hall–Kier alpha value is -1.29. The van der Waals surface area contributed by atoms with E-state index in [0.29, 0.717) is 17.6 Å². The second kappa shape index (κ2) is 4.67. The van der Waals surface area contributed by atoms with Crippen LogP contribution in [-0.4, -0.2) is 25.1 Å². The Bertz CT molecular complexity index is 299. The second-order valence-electron chi connectivity index (χ2n) is 2.48. The Morgan fingerprint density at radius 3 is 3.00 bits per heavy atom. The lowest BCUT2D eigenvalue weighted by Crippen LogP contribution is -2.15. The fourth-order valence-electron chi connectivity index (χ4n) is 0.960. The molecule has 1 rings (SSSR count). The minimum absolute atomic E-state index is 0.353. The molecule has 0 atom stereocenters. The zero-order valence-corrected chi connectivity index (χ0v) is 7.36. The molecule has 0 amide bonds. The van der Waals surface area contributed by atoms with Gasteiger partial charge in [-0.05, 0) is 13.0 Å². The first-order valence-corrected chi connectivity index (χ1v) is 4.02. The summed E-state index contributed by atoms with van der Waals surface area (Å²) < 4.78 is 4.79. The zero-order valence-electron chi connectivity index (χ0n) is 7.36. The third-order valence-electron chi connectivity index (χ3n) is 1.55. The van der Waals surface area contributed by atoms with Gasteiger partial charge in [0.1, 0.15) is 0 Å². The highest BCUT2D eigenvalue weighted by molar-refractivity contribution is 6.45. The van der Waals surface area contributed by atoms with Gasteiger partial charge in [-0.15, -0.1) is 0 Å². The molecule has 4 heteroatoms. The van der Waals surface area contributed by atoms with Gasteiger partial charge in [0, 0.05) is 0 Å². The number of rotatable bonds is 3. The van der Waals surface area contributed by atoms with E-state index in [4.69, 9.17) is 9.76 Å². The third-order valence-corrected chi connectivity index (χ3v) is 1.55. The van der Waals surface area contributed by atoms with E-state index in [-0.39, 0.29) is 5.97 Å². The van der Waals surface area contributed by atoms with Gasteiger partial charge in [0.2, 0.25) is 0 Å². The van der Waals surface area contributed by atoms with Crippen molar-refractivity contribution >= 4 is 18.9 Å². The lowest BCUT2D eigenvalue weighted by Gasteiger charge is -2.02. The van der Waals surface area contributed by atoms with E-state index in [1.807, 2.05) is 0 Å². The van der Waals surface area contributed by atoms with Gasteiger partial charge in [0.15, 0.2) is 0 Å². The van der Waals surface area contributed by atoms with E-state index < -0.39 is 0 Å². The van der Waals surface area contributed by atoms with E-state index in [0.717, 1.165) is 7.48 Å². The maximum Gasteiger partial charge on any atom is 0.338 e. The van der Waals surface area contributed by atoms with Gasteiger partial charge >= 0.3 is 13.5 Å². The summed E-state index contributed by atoms with van der Waals surface area (Å²) in [6.07, 6.45) is 0. The van der Waals surface area contributed by atoms with Gasteiger partial charge in [-0.1, -0.05) is 23.7 Å². The van der Waals surface area contributed by atoms with E-state index in [1.54, 1.807) is 31.2 Å². The zero-order chi connectivity index (χ0) is 9.68. The number of esters is 1. The van der Waals surface area contributed by atoms with Gasteiger partial charge in [-0.2, -0.15) is 0 Å². The molecule has 13 heavy (non-hydrogen) atoms. The highest BCUT2D eigenvalue weighted by Gasteiger charge is 2.06. The average molecular weight is 177 g/mol. The van der Waals surface area contributed by atoms with Crippen molar-refractivity contribution in [1.82, 2.24) is 0 Å². The van der Waals surface area contributed by atoms with E-state index in [9.17, 15) is 4.79 Å². The van der Waals surface area contributed by atoms with Crippen LogP contribution in [0.4, 0.5) is 0 Å². The molecule has 1 aromatic carbocycles. The highest BCUT2D eigenvalue weighted by Crippen LogP contribution is 1.98. The molecule has 0 spiro atoms. The maximum atomic E-state index is 11.2. The van der Waals surface area contributed by atoms with Gasteiger partial charge in [-0.3, -0.25) is 0 Å². The Morgan fingerprint density at radius 2 is 2.38 bits per heavy atom. The molecule has 0 aliphatic carbocycles. The second-order valence-corrected chi connectivity index (χ2v) is 2.48. The SMILES string of the molecule is CCOC(=O)c1cccc([B]O)c1. The van der Waals surface area contributed by atoms with Crippen LogP contribution in [0.2, 0.25) is 0 Å². The van der Waals surface area contributed by atoms with E-state index >= 15 is 0 Å². The first-order chi connectivity index (χ1) is 6.27. The van der Waals surface area contributed by atoms with E-state index in [1.165, 1.54) is 0 Å². The molecule has 0 aromatic heterocycles. The first-order valence-electron chi connectivity index (χ1n) is 4.02. The van der Waals surface area contributed by atoms with E-state index in [2.05, 4.69) is 0 Å². The van der Waals surface area contributed by atoms with Gasteiger partial charge < -0.3 is 9.76 Å². The van der Waals surface area contributed by atoms with Crippen molar-refractivity contribution in [3.8, 4) is 0 Å². The fourth-order valence-corrected chi connectivity index (χ4v) is 0.960. The number of carbonyl (C=O) groups is 1. The highest BCUT2D eigenvalue weighted by atomic mass is 16.5. The minimum atomic E-state index is -0.369. The number of ether oxygens (including phenoxy) is 1. The van der Waals surface area contributed by atoms with Crippen LogP contribution in [0, 0.1) is 0 Å². The molecule has 0 aliphatic heterocycles. The van der Waals surface area contributed by atoms with Crippen LogP contribution in [0.1, 0.15) is 17.3 Å². The molecule has 0 bridgehead atoms. The van der Waals surface area contributed by atoms with Crippen molar-refractivity contribution in [2.24, 2.45) is 0 Å². The van der Waals surface area contributed by atoms with Crippen LogP contribution in [0.5, 0.6) is 0 Å². The molecule has 0 heterocycles. The number of carbonyl (C=O) groups excluding carboxylic acids is 1. The summed E-state index contributed by atoms with van der Waals surface area (Å²) in [6.45, 7) is 2.10. The minimum Gasteiger partial charge on any atom is -0.462 e. The van der Waals surface area contributed by atoms with Crippen molar-refractivity contribution in [2.45, 2.75) is 6.92 Å². The summed E-state index contributed by atoms with van der Waals surface area (Å²) >= 11 is 0. The smallest absolute Gasteiger partial charge is 0.338 e. The van der Waals surface area contributed by atoms with Gasteiger partial charge in [0.25, 0.3) is 0 Å². The van der Waals surface area contributed by atoms with Crippen LogP contribution in [-0.2, 0) is 4.74 Å². The molecule has 0 fully saturated rings. The predicted molar refractivity (Wildman–Crippen MR) is 50.0 cm³/mol. The quantitative estimate of drug-likeness (QED) is 0.526. The third kappa shape index (κ3) is 2.59. The summed E-state index contributed by atoms with van der Waals surface area (Å²) in [5.41, 5.74) is 1.04. The number of benzene rings is 1. The lowest BCUT2D eigenvalue weighted by atomic mass is 9.88. The van der Waals surface area contributed by atoms with Gasteiger partial charge in [-0.25, -0.2) is 4.79 Å². The summed E-state index contributed by atoms with van der Waals surface area (Å²) in [5.74, 6) is -0.369. The van der Waals surface area contributed by atoms with Crippen LogP contribution in [0.3, 0.4) is 0 Å². The molecular formula is C9H10BO3. The Kier molecular flexibility index (Phi) is 3.52. The Balaban J connectivity index is 2.82.